The summed E-state index contributed by atoms with van der Waals surface area (Å²) >= 11 is 0. The second-order valence-electron chi connectivity index (χ2n) is 18.0. The van der Waals surface area contributed by atoms with Crippen LogP contribution in [-0.4, -0.2) is 105 Å². The zero-order valence-corrected chi connectivity index (χ0v) is 43.3. The number of methoxy groups -OCH3 is 1. The number of anilines is 3. The van der Waals surface area contributed by atoms with Gasteiger partial charge >= 0.3 is 6.09 Å². The number of carbonyl (C=O) groups is 5. The molecule has 0 aliphatic rings. The Hall–Kier alpha value is -9.28. The van der Waals surface area contributed by atoms with Gasteiger partial charge in [-0.3, -0.25) is 43.9 Å². The second kappa shape index (κ2) is 23.1. The summed E-state index contributed by atoms with van der Waals surface area (Å²) in [5, 5.41) is 22.6. The largest absolute Gasteiger partial charge is 0.494 e. The monoisotopic (exact) mass is 1020 g/mol. The molecule has 8 rings (SSSR count). The van der Waals surface area contributed by atoms with E-state index < -0.39 is 29.4 Å². The van der Waals surface area contributed by atoms with E-state index in [1.54, 1.807) is 84.3 Å². The van der Waals surface area contributed by atoms with Crippen molar-refractivity contribution in [3.8, 4) is 11.5 Å². The van der Waals surface area contributed by atoms with Gasteiger partial charge in [0.1, 0.15) is 46.1 Å². The second-order valence-corrected chi connectivity index (χ2v) is 18.0. The number of nitrogens with two attached hydrogens (primary N) is 2. The first-order valence-electron chi connectivity index (χ1n) is 24.0. The first-order chi connectivity index (χ1) is 35.8. The van der Waals surface area contributed by atoms with Crippen LogP contribution in [0.1, 0.15) is 87.7 Å². The zero-order valence-electron chi connectivity index (χ0n) is 43.3. The summed E-state index contributed by atoms with van der Waals surface area (Å²) in [5.74, 6) is -0.254. The number of rotatable bonds is 19. The molecular formula is C52H61N15O8. The number of imidazole rings is 2. The van der Waals surface area contributed by atoms with Crippen LogP contribution in [0.3, 0.4) is 0 Å². The molecule has 0 atom stereocenters. The van der Waals surface area contributed by atoms with Gasteiger partial charge in [-0.25, -0.2) is 14.8 Å². The third-order valence-electron chi connectivity index (χ3n) is 11.4. The van der Waals surface area contributed by atoms with Crippen molar-refractivity contribution >= 4 is 80.7 Å². The van der Waals surface area contributed by atoms with Crippen LogP contribution in [0.15, 0.2) is 85.1 Å². The molecule has 5 heterocycles. The van der Waals surface area contributed by atoms with Crippen LogP contribution < -0.4 is 36.9 Å². The van der Waals surface area contributed by atoms with Crippen molar-refractivity contribution in [2.24, 2.45) is 11.5 Å². The number of hydrogen-bond donors (Lipinski definition) is 5. The topological polar surface area (TPSA) is 290 Å². The van der Waals surface area contributed by atoms with Gasteiger partial charge in [0.2, 0.25) is 23.7 Å². The van der Waals surface area contributed by atoms with Crippen molar-refractivity contribution in [1.82, 2.24) is 48.4 Å². The third-order valence-corrected chi connectivity index (χ3v) is 11.4. The van der Waals surface area contributed by atoms with E-state index in [9.17, 15) is 24.0 Å². The third kappa shape index (κ3) is 12.5. The molecule has 0 bridgehead atoms. The minimum atomic E-state index is -0.655. The molecule has 0 radical (unpaired) electrons. The van der Waals surface area contributed by atoms with Gasteiger partial charge in [0.15, 0.2) is 6.29 Å². The number of aromatic nitrogens is 10. The summed E-state index contributed by atoms with van der Waals surface area (Å²) in [6, 6.07) is 15.2. The van der Waals surface area contributed by atoms with Crippen LogP contribution in [0.25, 0.3) is 33.0 Å². The Kier molecular flexibility index (Phi) is 16.5. The van der Waals surface area contributed by atoms with E-state index in [0.717, 1.165) is 29.4 Å². The molecule has 23 nitrogen and oxygen atoms in total. The fourth-order valence-corrected chi connectivity index (χ4v) is 8.17. The van der Waals surface area contributed by atoms with E-state index in [1.807, 2.05) is 73.4 Å². The minimum Gasteiger partial charge on any atom is -0.494 e. The highest BCUT2D eigenvalue weighted by Gasteiger charge is 2.23. The first-order valence-corrected chi connectivity index (χ1v) is 24.0. The summed E-state index contributed by atoms with van der Waals surface area (Å²) in [7, 11) is 3.21. The summed E-state index contributed by atoms with van der Waals surface area (Å²) in [4.78, 5) is 70.2. The van der Waals surface area contributed by atoms with Gasteiger partial charge in [0.05, 0.1) is 47.8 Å². The van der Waals surface area contributed by atoms with Crippen LogP contribution in [0.2, 0.25) is 0 Å². The minimum absolute atomic E-state index is 0.149. The predicted molar refractivity (Wildman–Crippen MR) is 285 cm³/mol. The maximum absolute atomic E-state index is 13.6. The molecule has 392 valence electrons. The van der Waals surface area contributed by atoms with E-state index in [0.29, 0.717) is 81.9 Å². The Morgan fingerprint density at radius 2 is 1.32 bits per heavy atom. The van der Waals surface area contributed by atoms with Gasteiger partial charge in [-0.05, 0) is 109 Å². The number of primary amides is 2. The lowest BCUT2D eigenvalue weighted by Crippen LogP contribution is -2.27. The number of benzene rings is 3. The predicted octanol–water partition coefficient (Wildman–Crippen LogP) is 7.02. The van der Waals surface area contributed by atoms with Gasteiger partial charge in [-0.2, -0.15) is 15.3 Å². The molecule has 0 saturated heterocycles. The average molecular weight is 1020 g/mol. The van der Waals surface area contributed by atoms with Crippen molar-refractivity contribution in [3.05, 3.63) is 119 Å². The Balaban J connectivity index is 0.000000734. The fourth-order valence-electron chi connectivity index (χ4n) is 8.17. The molecule has 7 N–H and O–H groups in total. The van der Waals surface area contributed by atoms with Crippen LogP contribution in [0.4, 0.5) is 22.4 Å². The number of carbonyl (C=O) groups excluding carboxylic acids is 5. The number of amides is 4. The average Bonchev–Trinajstić information content (AvgIpc) is 4.20. The number of allylic oxidation sites excluding steroid dienone is 3. The molecule has 75 heavy (non-hydrogen) atoms. The molecule has 0 aliphatic heterocycles. The standard InChI is InChI=1S/C45H51N13O7.C7H10N2O/c1-8-57-34(19-26(2)54-57)41(61)53-43-52-31-21-27(39(46)59)23-35(63-7)37(31)56(43)16-10-9-15-55-38-32(51-42(55)48-6)22-28(40(47)60)24-36(38)64-18-12-11-17-58-33-14-13-30(20-29(33)25-49-58)50-44(62)65-45(3,4)5;1-3-9-7(5-10)4-6(2)8-9/h9-14,19-25H,8,15-18H2,1-7H3,(H2,46,59)(H2,47,60)(H,48,51)(H,50,62)(H,52,53,61);4-5H,3H2,1-2H3/b10-9+,12-11+;. The number of nitrogens with zero attached hydrogens (tertiary/aromatic N) is 10. The van der Waals surface area contributed by atoms with E-state index in [2.05, 4.69) is 36.2 Å². The van der Waals surface area contributed by atoms with Crippen molar-refractivity contribution in [2.45, 2.75) is 86.8 Å². The molecular weight excluding hydrogens is 963 g/mol. The molecule has 0 unspecified atom stereocenters. The van der Waals surface area contributed by atoms with Crippen molar-refractivity contribution in [2.75, 3.05) is 36.7 Å². The molecule has 0 spiro atoms. The van der Waals surface area contributed by atoms with Crippen LogP contribution in [-0.2, 0) is 37.5 Å². The Labute approximate surface area is 431 Å². The van der Waals surface area contributed by atoms with Gasteiger partial charge in [0, 0.05) is 55.4 Å². The maximum Gasteiger partial charge on any atom is 0.412 e. The zero-order chi connectivity index (χ0) is 54.1. The molecule has 23 heteroatoms. The lowest BCUT2D eigenvalue weighted by Gasteiger charge is -2.19. The highest BCUT2D eigenvalue weighted by molar-refractivity contribution is 6.04. The normalized spacial score (nSPS) is 11.6. The quantitative estimate of drug-likeness (QED) is 0.0402. The SMILES string of the molecule is CCn1nc(C)cc1C(=O)Nc1nc2cc(C(N)=O)cc(OC)c2n1C/C=C/Cn1c(NC)nc2cc(C(N)=O)cc(OC/C=C/Cn3ncc4cc(NC(=O)OC(C)(C)C)ccc43)c21.CCn1nc(C)cc1C=O. The van der Waals surface area contributed by atoms with E-state index >= 15 is 0 Å². The number of aryl methyl sites for hydroxylation is 4. The lowest BCUT2D eigenvalue weighted by molar-refractivity contribution is 0.0635. The molecule has 0 aliphatic carbocycles. The van der Waals surface area contributed by atoms with Gasteiger partial charge in [-0.15, -0.1) is 0 Å². The van der Waals surface area contributed by atoms with Crippen LogP contribution in [0, 0.1) is 13.8 Å². The fraction of sp³-hybridized carbons (Fsp3) is 0.308. The van der Waals surface area contributed by atoms with E-state index in [1.165, 1.54) is 13.2 Å². The molecule has 4 amide bonds. The number of nitrogens with one attached hydrogen (secondary N) is 3. The summed E-state index contributed by atoms with van der Waals surface area (Å²) in [6.45, 7) is 15.3. The van der Waals surface area contributed by atoms with Crippen molar-refractivity contribution in [3.63, 3.8) is 0 Å². The highest BCUT2D eigenvalue weighted by atomic mass is 16.6. The first kappa shape index (κ1) is 53.5. The molecule has 3 aromatic carbocycles. The number of hydrogen-bond acceptors (Lipinski definition) is 14. The summed E-state index contributed by atoms with van der Waals surface area (Å²) < 4.78 is 26.1. The van der Waals surface area contributed by atoms with Gasteiger partial charge < -0.3 is 40.1 Å². The molecule has 5 aromatic heterocycles. The van der Waals surface area contributed by atoms with Crippen molar-refractivity contribution < 1.29 is 38.2 Å². The molecule has 8 aromatic rings. The van der Waals surface area contributed by atoms with Gasteiger partial charge in [-0.1, -0.05) is 18.2 Å². The maximum atomic E-state index is 13.6. The highest BCUT2D eigenvalue weighted by Crippen LogP contribution is 2.33. The van der Waals surface area contributed by atoms with Crippen molar-refractivity contribution in [1.29, 1.82) is 0 Å². The Bertz CT molecular complexity index is 3490. The van der Waals surface area contributed by atoms with Crippen LogP contribution in [0.5, 0.6) is 11.5 Å². The Morgan fingerprint density at radius 1 is 0.720 bits per heavy atom. The Morgan fingerprint density at radius 3 is 1.92 bits per heavy atom. The smallest absolute Gasteiger partial charge is 0.412 e. The van der Waals surface area contributed by atoms with E-state index in [-0.39, 0.29) is 30.2 Å². The molecule has 0 fully saturated rings. The van der Waals surface area contributed by atoms with Crippen LogP contribution >= 0.6 is 0 Å². The summed E-state index contributed by atoms with van der Waals surface area (Å²) in [5.41, 5.74) is 17.3. The number of aldehydes is 1. The molecule has 0 saturated carbocycles. The lowest BCUT2D eigenvalue weighted by atomic mass is 10.1. The number of fused-ring (bicyclic) bond motifs is 3. The van der Waals surface area contributed by atoms with E-state index in [4.69, 9.17) is 30.7 Å². The van der Waals surface area contributed by atoms with Gasteiger partial charge in [0.25, 0.3) is 5.91 Å². The number of ether oxygens (including phenoxy) is 3. The summed E-state index contributed by atoms with van der Waals surface area (Å²) in [6.07, 6.45) is 9.56.